The van der Waals surface area contributed by atoms with E-state index in [2.05, 4.69) is 20.3 Å². The third-order valence-corrected chi connectivity index (χ3v) is 1.59. The van der Waals surface area contributed by atoms with Crippen molar-refractivity contribution >= 4 is 16.9 Å². The van der Waals surface area contributed by atoms with Crippen LogP contribution in [0.5, 0.6) is 0 Å². The highest BCUT2D eigenvalue weighted by atomic mass is 15.0. The van der Waals surface area contributed by atoms with E-state index in [4.69, 9.17) is 0 Å². The maximum Gasteiger partial charge on any atom is 0.142 e. The molecule has 4 heteroatoms. The van der Waals surface area contributed by atoms with E-state index in [9.17, 15) is 0 Å². The van der Waals surface area contributed by atoms with Gasteiger partial charge in [-0.3, -0.25) is 0 Å². The first kappa shape index (κ1) is 13.4. The summed E-state index contributed by atoms with van der Waals surface area (Å²) in [7, 11) is 1.84. The van der Waals surface area contributed by atoms with Crippen molar-refractivity contribution in [3.63, 3.8) is 0 Å². The molecular weight excluding hydrogens is 188 g/mol. The highest BCUT2D eigenvalue weighted by molar-refractivity contribution is 5.86. The number of hydrogen-bond acceptors (Lipinski definition) is 3. The molecule has 2 aromatic rings. The van der Waals surface area contributed by atoms with Crippen molar-refractivity contribution in [2.24, 2.45) is 0 Å². The van der Waals surface area contributed by atoms with E-state index < -0.39 is 0 Å². The lowest BCUT2D eigenvalue weighted by Gasteiger charge is -1.97. The molecule has 0 unspecified atom stereocenters. The van der Waals surface area contributed by atoms with Crippen LogP contribution in [0.2, 0.25) is 0 Å². The Bertz CT molecular complexity index is 367. The molecule has 15 heavy (non-hydrogen) atoms. The van der Waals surface area contributed by atoms with Crippen LogP contribution in [0.4, 0.5) is 5.82 Å². The second-order valence-corrected chi connectivity index (χ2v) is 2.21. The summed E-state index contributed by atoms with van der Waals surface area (Å²) in [5.41, 5.74) is 0.865. The predicted molar refractivity (Wildman–Crippen MR) is 66.1 cm³/mol. The Morgan fingerprint density at radius 1 is 1.13 bits per heavy atom. The molecule has 2 aromatic heterocycles. The predicted octanol–water partition coefficient (Wildman–Crippen LogP) is 3.05. The highest BCUT2D eigenvalue weighted by Crippen LogP contribution is 2.15. The normalized spacial score (nSPS) is 8.33. The number of aromatic amines is 1. The Kier molecular flexibility index (Phi) is 6.97. The first-order chi connectivity index (χ1) is 7.42. The summed E-state index contributed by atoms with van der Waals surface area (Å²) in [5.74, 6) is 0.858. The summed E-state index contributed by atoms with van der Waals surface area (Å²) >= 11 is 0. The van der Waals surface area contributed by atoms with Gasteiger partial charge in [0.25, 0.3) is 0 Å². The number of nitrogens with one attached hydrogen (secondary N) is 2. The molecule has 0 aliphatic heterocycles. The largest absolute Gasteiger partial charge is 0.372 e. The SMILES string of the molecule is CC.CC.CNc1ncnc2[nH]ccc12. The molecule has 0 saturated heterocycles. The van der Waals surface area contributed by atoms with Crippen LogP contribution in [0.3, 0.4) is 0 Å². The molecule has 2 heterocycles. The molecular formula is C11H20N4. The monoisotopic (exact) mass is 208 g/mol. The van der Waals surface area contributed by atoms with Crippen molar-refractivity contribution in [3.8, 4) is 0 Å². The quantitative estimate of drug-likeness (QED) is 0.757. The Balaban J connectivity index is 0.000000442. The van der Waals surface area contributed by atoms with Crippen LogP contribution >= 0.6 is 0 Å². The summed E-state index contributed by atoms with van der Waals surface area (Å²) < 4.78 is 0. The molecule has 0 radical (unpaired) electrons. The molecule has 2 rings (SSSR count). The van der Waals surface area contributed by atoms with Crippen LogP contribution in [0, 0.1) is 0 Å². The number of rotatable bonds is 1. The molecule has 4 nitrogen and oxygen atoms in total. The van der Waals surface area contributed by atoms with Crippen LogP contribution in [0.25, 0.3) is 11.0 Å². The highest BCUT2D eigenvalue weighted by Gasteiger charge is 1.99. The van der Waals surface area contributed by atoms with Crippen molar-refractivity contribution in [1.29, 1.82) is 0 Å². The second kappa shape index (κ2) is 7.79. The van der Waals surface area contributed by atoms with Crippen molar-refractivity contribution in [1.82, 2.24) is 15.0 Å². The number of fused-ring (bicyclic) bond motifs is 1. The number of H-pyrrole nitrogens is 1. The van der Waals surface area contributed by atoms with Gasteiger partial charge in [-0.1, -0.05) is 27.7 Å². The number of nitrogens with zero attached hydrogens (tertiary/aromatic N) is 2. The number of anilines is 1. The first-order valence-electron chi connectivity index (χ1n) is 5.37. The van der Waals surface area contributed by atoms with Crippen LogP contribution in [-0.4, -0.2) is 22.0 Å². The molecule has 0 spiro atoms. The first-order valence-corrected chi connectivity index (χ1v) is 5.37. The average molecular weight is 208 g/mol. The van der Waals surface area contributed by atoms with Gasteiger partial charge < -0.3 is 10.3 Å². The van der Waals surface area contributed by atoms with Gasteiger partial charge in [-0.05, 0) is 6.07 Å². The second-order valence-electron chi connectivity index (χ2n) is 2.21. The van der Waals surface area contributed by atoms with E-state index in [1.165, 1.54) is 6.33 Å². The maximum atomic E-state index is 4.06. The molecule has 0 aromatic carbocycles. The maximum absolute atomic E-state index is 4.06. The van der Waals surface area contributed by atoms with Crippen molar-refractivity contribution in [2.45, 2.75) is 27.7 Å². The van der Waals surface area contributed by atoms with Gasteiger partial charge in [0, 0.05) is 13.2 Å². The van der Waals surface area contributed by atoms with Crippen LogP contribution < -0.4 is 5.32 Å². The minimum atomic E-state index is 0.858. The van der Waals surface area contributed by atoms with Gasteiger partial charge in [-0.2, -0.15) is 0 Å². The Labute approximate surface area is 91.1 Å². The number of aromatic nitrogens is 3. The van der Waals surface area contributed by atoms with Crippen LogP contribution in [-0.2, 0) is 0 Å². The van der Waals surface area contributed by atoms with E-state index >= 15 is 0 Å². The number of hydrogen-bond donors (Lipinski definition) is 2. The minimum absolute atomic E-state index is 0.858. The lowest BCUT2D eigenvalue weighted by atomic mass is 10.4. The van der Waals surface area contributed by atoms with E-state index in [0.717, 1.165) is 16.9 Å². The zero-order chi connectivity index (χ0) is 11.7. The third kappa shape index (κ3) is 3.23. The molecule has 2 N–H and O–H groups in total. The van der Waals surface area contributed by atoms with Crippen LogP contribution in [0.15, 0.2) is 18.6 Å². The molecule has 0 aliphatic carbocycles. The van der Waals surface area contributed by atoms with Gasteiger partial charge in [0.2, 0.25) is 0 Å². The fourth-order valence-electron chi connectivity index (χ4n) is 1.07. The van der Waals surface area contributed by atoms with Crippen molar-refractivity contribution in [3.05, 3.63) is 18.6 Å². The average Bonchev–Trinajstić information content (AvgIpc) is 2.82. The molecule has 0 amide bonds. The van der Waals surface area contributed by atoms with E-state index in [0.29, 0.717) is 0 Å². The summed E-state index contributed by atoms with van der Waals surface area (Å²) in [6.45, 7) is 8.00. The topological polar surface area (TPSA) is 53.6 Å². The zero-order valence-corrected chi connectivity index (χ0v) is 10.1. The minimum Gasteiger partial charge on any atom is -0.372 e. The van der Waals surface area contributed by atoms with Gasteiger partial charge in [-0.15, -0.1) is 0 Å². The van der Waals surface area contributed by atoms with E-state index in [1.807, 2.05) is 47.0 Å². The van der Waals surface area contributed by atoms with Gasteiger partial charge in [0.05, 0.1) is 5.39 Å². The molecule has 0 bridgehead atoms. The van der Waals surface area contributed by atoms with E-state index in [-0.39, 0.29) is 0 Å². The van der Waals surface area contributed by atoms with Crippen molar-refractivity contribution in [2.75, 3.05) is 12.4 Å². The Hall–Kier alpha value is -1.58. The van der Waals surface area contributed by atoms with Gasteiger partial charge >= 0.3 is 0 Å². The Morgan fingerprint density at radius 2 is 1.80 bits per heavy atom. The zero-order valence-electron chi connectivity index (χ0n) is 10.1. The summed E-state index contributed by atoms with van der Waals surface area (Å²) in [5, 5.41) is 4.01. The van der Waals surface area contributed by atoms with Crippen molar-refractivity contribution < 1.29 is 0 Å². The van der Waals surface area contributed by atoms with Gasteiger partial charge in [0.15, 0.2) is 0 Å². The molecule has 0 aliphatic rings. The fourth-order valence-corrected chi connectivity index (χ4v) is 1.07. The van der Waals surface area contributed by atoms with Crippen LogP contribution in [0.1, 0.15) is 27.7 Å². The molecule has 0 fully saturated rings. The molecule has 0 atom stereocenters. The van der Waals surface area contributed by atoms with E-state index in [1.54, 1.807) is 0 Å². The lowest BCUT2D eigenvalue weighted by molar-refractivity contribution is 1.19. The molecule has 84 valence electrons. The third-order valence-electron chi connectivity index (χ3n) is 1.59. The summed E-state index contributed by atoms with van der Waals surface area (Å²) in [4.78, 5) is 11.1. The van der Waals surface area contributed by atoms with Gasteiger partial charge in [0.1, 0.15) is 17.8 Å². The lowest BCUT2D eigenvalue weighted by Crippen LogP contribution is -1.92. The smallest absolute Gasteiger partial charge is 0.142 e. The Morgan fingerprint density at radius 3 is 2.40 bits per heavy atom. The fraction of sp³-hybridized carbons (Fsp3) is 0.455. The standard InChI is InChI=1S/C7H8N4.2C2H6/c1-8-6-5-2-3-9-7(5)11-4-10-6;2*1-2/h2-4H,1H3,(H2,8,9,10,11);2*1-2H3. The van der Waals surface area contributed by atoms with Gasteiger partial charge in [-0.25, -0.2) is 9.97 Å². The summed E-state index contributed by atoms with van der Waals surface area (Å²) in [6, 6.07) is 1.95. The molecule has 0 saturated carbocycles. The summed E-state index contributed by atoms with van der Waals surface area (Å²) in [6.07, 6.45) is 3.38.